The lowest BCUT2D eigenvalue weighted by Gasteiger charge is -2.10. The monoisotopic (exact) mass is 424 g/mol. The van der Waals surface area contributed by atoms with Crippen molar-refractivity contribution in [1.82, 2.24) is 14.8 Å². The fourth-order valence-corrected chi connectivity index (χ4v) is 5.14. The fourth-order valence-electron chi connectivity index (χ4n) is 3.72. The van der Waals surface area contributed by atoms with Gasteiger partial charge in [-0.15, -0.1) is 0 Å². The molecule has 2 aromatic heterocycles. The predicted octanol–water partition coefficient (Wildman–Crippen LogP) is 3.74. The summed E-state index contributed by atoms with van der Waals surface area (Å²) >= 11 is 0. The molecule has 0 radical (unpaired) electrons. The average Bonchev–Trinajstić information content (AvgIpc) is 3.43. The van der Waals surface area contributed by atoms with Crippen LogP contribution in [-0.4, -0.2) is 29.1 Å². The molecule has 2 heterocycles. The number of pyridine rings is 1. The van der Waals surface area contributed by atoms with E-state index in [9.17, 15) is 13.2 Å². The summed E-state index contributed by atoms with van der Waals surface area (Å²) < 4.78 is 27.7. The topological polar surface area (TPSA) is 93.9 Å². The molecule has 4 rings (SSSR count). The van der Waals surface area contributed by atoms with E-state index >= 15 is 0 Å². The van der Waals surface area contributed by atoms with Gasteiger partial charge in [-0.1, -0.05) is 6.07 Å². The first-order valence-electron chi connectivity index (χ1n) is 9.89. The number of sulfone groups is 1. The Morgan fingerprint density at radius 3 is 2.50 bits per heavy atom. The number of aromatic nitrogens is 3. The molecule has 0 spiro atoms. The molecule has 7 nitrogen and oxygen atoms in total. The Hall–Kier alpha value is -3.00. The summed E-state index contributed by atoms with van der Waals surface area (Å²) in [6, 6.07) is 10.2. The van der Waals surface area contributed by atoms with Crippen molar-refractivity contribution >= 4 is 21.4 Å². The van der Waals surface area contributed by atoms with E-state index in [2.05, 4.69) is 15.4 Å². The SMILES string of the molecule is Cc1c(S(=O)(=O)c2ccc(NC(=O)[C@@H]3C[C@H]3c3cccnc3)cc2)cnn1C(C)C. The quantitative estimate of drug-likeness (QED) is 0.650. The smallest absolute Gasteiger partial charge is 0.228 e. The van der Waals surface area contributed by atoms with E-state index in [4.69, 9.17) is 0 Å². The zero-order valence-electron chi connectivity index (χ0n) is 17.1. The number of hydrogen-bond donors (Lipinski definition) is 1. The second-order valence-electron chi connectivity index (χ2n) is 7.88. The molecule has 2 atom stereocenters. The Kier molecular flexibility index (Phi) is 5.19. The maximum atomic E-state index is 13.0. The van der Waals surface area contributed by atoms with Gasteiger partial charge in [-0.3, -0.25) is 14.5 Å². The number of nitrogens with zero attached hydrogens (tertiary/aromatic N) is 3. The number of anilines is 1. The van der Waals surface area contributed by atoms with Crippen molar-refractivity contribution < 1.29 is 13.2 Å². The molecular weight excluding hydrogens is 400 g/mol. The number of amides is 1. The normalized spacial score (nSPS) is 18.4. The third-order valence-corrected chi connectivity index (χ3v) is 7.32. The van der Waals surface area contributed by atoms with Gasteiger partial charge in [0, 0.05) is 30.0 Å². The molecule has 3 aromatic rings. The van der Waals surface area contributed by atoms with E-state index in [0.717, 1.165) is 12.0 Å². The number of rotatable bonds is 6. The van der Waals surface area contributed by atoms with Gasteiger partial charge < -0.3 is 5.32 Å². The lowest BCUT2D eigenvalue weighted by Crippen LogP contribution is -2.14. The number of benzene rings is 1. The Balaban J connectivity index is 1.46. The summed E-state index contributed by atoms with van der Waals surface area (Å²) in [6.45, 7) is 5.65. The summed E-state index contributed by atoms with van der Waals surface area (Å²) in [6.07, 6.45) is 5.70. The highest BCUT2D eigenvalue weighted by atomic mass is 32.2. The van der Waals surface area contributed by atoms with Crippen LogP contribution in [0.25, 0.3) is 0 Å². The van der Waals surface area contributed by atoms with Gasteiger partial charge in [0.25, 0.3) is 0 Å². The average molecular weight is 425 g/mol. The minimum absolute atomic E-state index is 0.0616. The molecule has 0 unspecified atom stereocenters. The van der Waals surface area contributed by atoms with Crippen molar-refractivity contribution in [1.29, 1.82) is 0 Å². The van der Waals surface area contributed by atoms with Gasteiger partial charge in [-0.2, -0.15) is 5.10 Å². The maximum Gasteiger partial charge on any atom is 0.228 e. The second kappa shape index (κ2) is 7.68. The third kappa shape index (κ3) is 3.75. The largest absolute Gasteiger partial charge is 0.326 e. The van der Waals surface area contributed by atoms with Crippen LogP contribution in [0.15, 0.2) is 64.8 Å². The molecule has 1 amide bonds. The maximum absolute atomic E-state index is 13.0. The van der Waals surface area contributed by atoms with E-state index in [1.165, 1.54) is 18.3 Å². The van der Waals surface area contributed by atoms with E-state index in [1.54, 1.807) is 36.1 Å². The van der Waals surface area contributed by atoms with Gasteiger partial charge in [0.05, 0.1) is 16.8 Å². The van der Waals surface area contributed by atoms with Crippen LogP contribution in [0.2, 0.25) is 0 Å². The van der Waals surface area contributed by atoms with E-state index in [0.29, 0.717) is 11.4 Å². The van der Waals surface area contributed by atoms with Gasteiger partial charge in [0.2, 0.25) is 15.7 Å². The molecule has 1 aromatic carbocycles. The molecule has 0 bridgehead atoms. The van der Waals surface area contributed by atoms with Crippen LogP contribution in [0.3, 0.4) is 0 Å². The summed E-state index contributed by atoms with van der Waals surface area (Å²) in [7, 11) is -3.68. The minimum Gasteiger partial charge on any atom is -0.326 e. The van der Waals surface area contributed by atoms with Crippen LogP contribution < -0.4 is 5.32 Å². The summed E-state index contributed by atoms with van der Waals surface area (Å²) in [5.74, 6) is 0.0504. The standard InChI is InChI=1S/C22H24N4O3S/c1-14(2)26-15(3)21(13-24-26)30(28,29)18-8-6-17(7-9-18)25-22(27)20-11-19(20)16-5-4-10-23-12-16/h4-10,12-14,19-20H,11H2,1-3H3,(H,25,27)/t19-,20+/m0/s1. The number of carbonyl (C=O) groups excluding carboxylic acids is 1. The fraction of sp³-hybridized carbons (Fsp3) is 0.318. The lowest BCUT2D eigenvalue weighted by molar-refractivity contribution is -0.117. The Bertz CT molecular complexity index is 1170. The Morgan fingerprint density at radius 2 is 1.90 bits per heavy atom. The molecule has 1 saturated carbocycles. The molecule has 8 heteroatoms. The summed E-state index contributed by atoms with van der Waals surface area (Å²) in [5.41, 5.74) is 2.25. The van der Waals surface area contributed by atoms with Crippen molar-refractivity contribution in [3.05, 3.63) is 66.2 Å². The minimum atomic E-state index is -3.68. The molecule has 0 saturated heterocycles. The van der Waals surface area contributed by atoms with Crippen LogP contribution in [0, 0.1) is 12.8 Å². The Morgan fingerprint density at radius 1 is 1.17 bits per heavy atom. The lowest BCUT2D eigenvalue weighted by atomic mass is 10.1. The van der Waals surface area contributed by atoms with E-state index in [1.807, 2.05) is 26.0 Å². The highest BCUT2D eigenvalue weighted by Gasteiger charge is 2.44. The molecule has 156 valence electrons. The van der Waals surface area contributed by atoms with Crippen molar-refractivity contribution in [3.63, 3.8) is 0 Å². The molecule has 30 heavy (non-hydrogen) atoms. The first-order chi connectivity index (χ1) is 14.3. The van der Waals surface area contributed by atoms with Crippen LogP contribution in [-0.2, 0) is 14.6 Å². The number of hydrogen-bond acceptors (Lipinski definition) is 5. The summed E-state index contributed by atoms with van der Waals surface area (Å²) in [4.78, 5) is 17.0. The van der Waals surface area contributed by atoms with E-state index < -0.39 is 9.84 Å². The van der Waals surface area contributed by atoms with Gasteiger partial charge in [0.1, 0.15) is 4.90 Å². The van der Waals surface area contributed by atoms with Crippen LogP contribution in [0.1, 0.15) is 43.5 Å². The van der Waals surface area contributed by atoms with Crippen molar-refractivity contribution in [2.45, 2.75) is 48.9 Å². The first-order valence-corrected chi connectivity index (χ1v) is 11.4. The molecular formula is C22H24N4O3S. The van der Waals surface area contributed by atoms with Gasteiger partial charge in [-0.05, 0) is 69.0 Å². The van der Waals surface area contributed by atoms with Crippen molar-refractivity contribution in [2.75, 3.05) is 5.32 Å². The first kappa shape index (κ1) is 20.3. The van der Waals surface area contributed by atoms with E-state index in [-0.39, 0.29) is 33.6 Å². The number of nitrogens with one attached hydrogen (secondary N) is 1. The Labute approximate surface area is 176 Å². The predicted molar refractivity (Wildman–Crippen MR) is 113 cm³/mol. The van der Waals surface area contributed by atoms with Gasteiger partial charge in [0.15, 0.2) is 0 Å². The third-order valence-electron chi connectivity index (χ3n) is 5.45. The zero-order valence-corrected chi connectivity index (χ0v) is 17.9. The highest BCUT2D eigenvalue weighted by molar-refractivity contribution is 7.91. The highest BCUT2D eigenvalue weighted by Crippen LogP contribution is 2.47. The summed E-state index contributed by atoms with van der Waals surface area (Å²) in [5, 5.41) is 7.08. The van der Waals surface area contributed by atoms with Crippen molar-refractivity contribution in [3.8, 4) is 0 Å². The van der Waals surface area contributed by atoms with Crippen LogP contribution in [0.4, 0.5) is 5.69 Å². The molecule has 1 N–H and O–H groups in total. The van der Waals surface area contributed by atoms with Gasteiger partial charge in [-0.25, -0.2) is 8.42 Å². The molecule has 1 aliphatic carbocycles. The van der Waals surface area contributed by atoms with Gasteiger partial charge >= 0.3 is 0 Å². The van der Waals surface area contributed by atoms with Crippen molar-refractivity contribution in [2.24, 2.45) is 5.92 Å². The number of carbonyl (C=O) groups is 1. The van der Waals surface area contributed by atoms with Crippen LogP contribution >= 0.6 is 0 Å². The molecule has 0 aliphatic heterocycles. The molecule has 1 aliphatic rings. The molecule has 1 fully saturated rings. The second-order valence-corrected chi connectivity index (χ2v) is 9.80. The van der Waals surface area contributed by atoms with Crippen LogP contribution in [0.5, 0.6) is 0 Å². The zero-order chi connectivity index (χ0) is 21.5.